The van der Waals surface area contributed by atoms with Gasteiger partial charge in [0.1, 0.15) is 17.9 Å². The Labute approximate surface area is 163 Å². The Bertz CT molecular complexity index is 980. The number of esters is 1. The van der Waals surface area contributed by atoms with E-state index in [1.54, 1.807) is 13.4 Å². The first kappa shape index (κ1) is 18.0. The Balaban J connectivity index is 1.74. The van der Waals surface area contributed by atoms with Crippen LogP contribution in [-0.4, -0.2) is 32.4 Å². The van der Waals surface area contributed by atoms with Crippen LogP contribution in [0.5, 0.6) is 5.75 Å². The first-order valence-electron chi connectivity index (χ1n) is 9.06. The second kappa shape index (κ2) is 7.68. The van der Waals surface area contributed by atoms with Gasteiger partial charge in [-0.2, -0.15) is 0 Å². The maximum absolute atomic E-state index is 11.7. The fraction of sp³-hybridized carbons (Fsp3) is 0.227. The predicted octanol–water partition coefficient (Wildman–Crippen LogP) is 3.15. The molecule has 0 saturated carbocycles. The van der Waals surface area contributed by atoms with Gasteiger partial charge in [-0.25, -0.2) is 4.99 Å². The number of nitrogens with zero attached hydrogens (tertiary/aromatic N) is 2. The molecule has 6 heteroatoms. The summed E-state index contributed by atoms with van der Waals surface area (Å²) in [4.78, 5) is 20.8. The molecule has 6 nitrogen and oxygen atoms in total. The quantitative estimate of drug-likeness (QED) is 0.815. The van der Waals surface area contributed by atoms with Gasteiger partial charge in [0.25, 0.3) is 0 Å². The molecule has 2 aliphatic rings. The molecule has 4 rings (SSSR count). The van der Waals surface area contributed by atoms with Crippen molar-refractivity contribution in [3.05, 3.63) is 71.4 Å². The lowest BCUT2D eigenvalue weighted by Gasteiger charge is -2.26. The first-order chi connectivity index (χ1) is 13.7. The van der Waals surface area contributed by atoms with Gasteiger partial charge in [-0.15, -0.1) is 0 Å². The lowest BCUT2D eigenvalue weighted by molar-refractivity contribution is -0.139. The molecule has 0 aliphatic carbocycles. The largest absolute Gasteiger partial charge is 0.496 e. The highest BCUT2D eigenvalue weighted by molar-refractivity contribution is 6.06. The Kier molecular flexibility index (Phi) is 4.93. The average molecular weight is 375 g/mol. The summed E-state index contributed by atoms with van der Waals surface area (Å²) in [6.07, 6.45) is 3.77. The van der Waals surface area contributed by atoms with Crippen LogP contribution in [0.25, 0.3) is 5.57 Å². The summed E-state index contributed by atoms with van der Waals surface area (Å²) < 4.78 is 10.4. The van der Waals surface area contributed by atoms with E-state index in [0.717, 1.165) is 33.8 Å². The molecule has 2 heterocycles. The van der Waals surface area contributed by atoms with E-state index >= 15 is 0 Å². The van der Waals surface area contributed by atoms with Crippen molar-refractivity contribution in [3.63, 3.8) is 0 Å². The fourth-order valence-corrected chi connectivity index (χ4v) is 3.67. The molecule has 0 fully saturated rings. The van der Waals surface area contributed by atoms with E-state index in [0.29, 0.717) is 0 Å². The van der Waals surface area contributed by atoms with Crippen LogP contribution in [0.15, 0.2) is 64.7 Å². The summed E-state index contributed by atoms with van der Waals surface area (Å²) in [5, 5.41) is 3.28. The number of nitrogens with one attached hydrogen (secondary N) is 1. The molecule has 1 N–H and O–H groups in total. The molecule has 2 aliphatic heterocycles. The lowest BCUT2D eigenvalue weighted by atomic mass is 9.83. The molecule has 0 aromatic heterocycles. The van der Waals surface area contributed by atoms with Crippen LogP contribution in [0, 0.1) is 5.92 Å². The van der Waals surface area contributed by atoms with E-state index in [1.165, 1.54) is 7.11 Å². The Morgan fingerprint density at radius 2 is 1.96 bits per heavy atom. The van der Waals surface area contributed by atoms with Crippen LogP contribution in [0.3, 0.4) is 0 Å². The summed E-state index contributed by atoms with van der Waals surface area (Å²) in [6.45, 7) is 0. The van der Waals surface area contributed by atoms with Crippen LogP contribution in [0.4, 0.5) is 0 Å². The van der Waals surface area contributed by atoms with Gasteiger partial charge < -0.3 is 14.8 Å². The molecule has 2 atom stereocenters. The first-order valence-corrected chi connectivity index (χ1v) is 9.06. The third kappa shape index (κ3) is 3.29. The molecule has 0 radical (unpaired) electrons. The Hall–Kier alpha value is -3.41. The molecule has 142 valence electrons. The molecule has 2 aromatic carbocycles. The number of ether oxygens (including phenoxy) is 2. The SMILES string of the molecule is COC(=O)Cc1ccc(OC)c(C2=CNC3=NC=NC(c4ccccc4)C23)c1. The average Bonchev–Trinajstić information content (AvgIpc) is 3.18. The summed E-state index contributed by atoms with van der Waals surface area (Å²) >= 11 is 0. The molecule has 0 bridgehead atoms. The van der Waals surface area contributed by atoms with Gasteiger partial charge in [0, 0.05) is 11.8 Å². The zero-order valence-electron chi connectivity index (χ0n) is 15.8. The molecule has 0 amide bonds. The molecular weight excluding hydrogens is 354 g/mol. The molecule has 28 heavy (non-hydrogen) atoms. The fourth-order valence-electron chi connectivity index (χ4n) is 3.67. The minimum atomic E-state index is -0.277. The van der Waals surface area contributed by atoms with E-state index in [9.17, 15) is 4.79 Å². The van der Waals surface area contributed by atoms with Gasteiger partial charge in [0.05, 0.1) is 32.6 Å². The van der Waals surface area contributed by atoms with Crippen molar-refractivity contribution in [2.45, 2.75) is 12.5 Å². The highest BCUT2D eigenvalue weighted by atomic mass is 16.5. The highest BCUT2D eigenvalue weighted by Crippen LogP contribution is 2.43. The second-order valence-corrected chi connectivity index (χ2v) is 6.64. The number of hydrogen-bond acceptors (Lipinski definition) is 6. The van der Waals surface area contributed by atoms with Crippen LogP contribution in [0.2, 0.25) is 0 Å². The van der Waals surface area contributed by atoms with Crippen LogP contribution in [-0.2, 0) is 16.0 Å². The van der Waals surface area contributed by atoms with Crippen LogP contribution < -0.4 is 10.1 Å². The number of aliphatic imine (C=N–C) groups is 2. The summed E-state index contributed by atoms with van der Waals surface area (Å²) in [5.41, 5.74) is 3.94. The van der Waals surface area contributed by atoms with Crippen LogP contribution >= 0.6 is 0 Å². The predicted molar refractivity (Wildman–Crippen MR) is 108 cm³/mol. The minimum absolute atomic E-state index is 0.0466. The van der Waals surface area contributed by atoms with Crippen molar-refractivity contribution in [1.29, 1.82) is 0 Å². The highest BCUT2D eigenvalue weighted by Gasteiger charge is 2.37. The standard InChI is InChI=1S/C22H21N3O3/c1-27-18-9-8-14(11-19(26)28-2)10-16(18)17-12-23-22-20(17)21(24-13-25-22)15-6-4-3-5-7-15/h3-10,12-13,20-21H,11H2,1-2H3,(H,23,24,25). The van der Waals surface area contributed by atoms with Crippen LogP contribution in [0.1, 0.15) is 22.7 Å². The number of benzene rings is 2. The molecule has 0 spiro atoms. The van der Waals surface area contributed by atoms with Gasteiger partial charge in [0.2, 0.25) is 0 Å². The normalized spacial score (nSPS) is 19.9. The van der Waals surface area contributed by atoms with E-state index in [-0.39, 0.29) is 24.3 Å². The summed E-state index contributed by atoms with van der Waals surface area (Å²) in [5.74, 6) is 1.28. The maximum Gasteiger partial charge on any atom is 0.309 e. The number of methoxy groups -OCH3 is 2. The molecule has 2 unspecified atom stereocenters. The summed E-state index contributed by atoms with van der Waals surface area (Å²) in [7, 11) is 3.04. The van der Waals surface area contributed by atoms with E-state index in [1.807, 2.05) is 42.6 Å². The minimum Gasteiger partial charge on any atom is -0.496 e. The Morgan fingerprint density at radius 3 is 2.71 bits per heavy atom. The van der Waals surface area contributed by atoms with Gasteiger partial charge >= 0.3 is 5.97 Å². The monoisotopic (exact) mass is 375 g/mol. The van der Waals surface area contributed by atoms with E-state index < -0.39 is 0 Å². The number of carbonyl (C=O) groups is 1. The zero-order chi connectivity index (χ0) is 19.5. The molecule has 0 saturated heterocycles. The number of rotatable bonds is 5. The van der Waals surface area contributed by atoms with E-state index in [2.05, 4.69) is 27.4 Å². The third-order valence-electron chi connectivity index (χ3n) is 5.04. The van der Waals surface area contributed by atoms with Crippen molar-refractivity contribution < 1.29 is 14.3 Å². The topological polar surface area (TPSA) is 72.3 Å². The number of amidine groups is 1. The van der Waals surface area contributed by atoms with Gasteiger partial charge in [0.15, 0.2) is 0 Å². The number of fused-ring (bicyclic) bond motifs is 1. The van der Waals surface area contributed by atoms with E-state index in [4.69, 9.17) is 9.47 Å². The second-order valence-electron chi connectivity index (χ2n) is 6.64. The summed E-state index contributed by atoms with van der Waals surface area (Å²) in [6, 6.07) is 15.8. The lowest BCUT2D eigenvalue weighted by Crippen LogP contribution is -2.28. The van der Waals surface area contributed by atoms with Crippen molar-refractivity contribution in [3.8, 4) is 5.75 Å². The number of carbonyl (C=O) groups excluding carboxylic acids is 1. The third-order valence-corrected chi connectivity index (χ3v) is 5.04. The van der Waals surface area contributed by atoms with Gasteiger partial charge in [-0.1, -0.05) is 36.4 Å². The van der Waals surface area contributed by atoms with Crippen molar-refractivity contribution in [2.75, 3.05) is 14.2 Å². The molecule has 2 aromatic rings. The van der Waals surface area contributed by atoms with Gasteiger partial charge in [-0.3, -0.25) is 9.79 Å². The van der Waals surface area contributed by atoms with Crippen molar-refractivity contribution >= 4 is 23.7 Å². The number of hydrogen-bond donors (Lipinski definition) is 1. The van der Waals surface area contributed by atoms with Crippen molar-refractivity contribution in [2.24, 2.45) is 15.9 Å². The smallest absolute Gasteiger partial charge is 0.309 e. The van der Waals surface area contributed by atoms with Crippen molar-refractivity contribution in [1.82, 2.24) is 5.32 Å². The molecular formula is C22H21N3O3. The Morgan fingerprint density at radius 1 is 1.14 bits per heavy atom. The maximum atomic E-state index is 11.7. The van der Waals surface area contributed by atoms with Gasteiger partial charge in [-0.05, 0) is 28.8 Å². The zero-order valence-corrected chi connectivity index (χ0v) is 15.8.